The Balaban J connectivity index is 3.22. The fourth-order valence-electron chi connectivity index (χ4n) is 1.34. The molecular weight excluding hydrogens is 265 g/mol. The van der Waals surface area contributed by atoms with Gasteiger partial charge < -0.3 is 5.43 Å². The minimum Gasteiger partial charge on any atom is -0.324 e. The number of hydrazine groups is 1. The zero-order valence-corrected chi connectivity index (χ0v) is 10.4. The standard InChI is InChI=1S/C12H12ClF3N2/c1-7-3-4-9(13)6-10(7)11(18-17)5-8(2)12(14,15)16/h3-6,18H,2,17H2,1H3/b11-5+. The number of benzene rings is 1. The molecule has 0 atom stereocenters. The van der Waals surface area contributed by atoms with E-state index in [9.17, 15) is 13.2 Å². The number of hydrogen-bond acceptors (Lipinski definition) is 2. The highest BCUT2D eigenvalue weighted by molar-refractivity contribution is 6.30. The molecule has 0 saturated heterocycles. The van der Waals surface area contributed by atoms with Crippen molar-refractivity contribution in [3.63, 3.8) is 0 Å². The number of halogens is 4. The second-order valence-electron chi connectivity index (χ2n) is 3.68. The van der Waals surface area contributed by atoms with Crippen LogP contribution in [0.3, 0.4) is 0 Å². The molecule has 0 amide bonds. The van der Waals surface area contributed by atoms with Crippen LogP contribution < -0.4 is 11.3 Å². The van der Waals surface area contributed by atoms with Gasteiger partial charge in [0.2, 0.25) is 0 Å². The van der Waals surface area contributed by atoms with Crippen LogP contribution >= 0.6 is 11.6 Å². The zero-order valence-electron chi connectivity index (χ0n) is 9.61. The molecule has 0 aromatic heterocycles. The number of hydrogen-bond donors (Lipinski definition) is 2. The van der Waals surface area contributed by atoms with Crippen molar-refractivity contribution in [2.75, 3.05) is 0 Å². The van der Waals surface area contributed by atoms with E-state index in [2.05, 4.69) is 12.0 Å². The molecule has 1 aromatic rings. The van der Waals surface area contributed by atoms with Gasteiger partial charge in [-0.25, -0.2) is 0 Å². The molecule has 0 spiro atoms. The minimum absolute atomic E-state index is 0.109. The topological polar surface area (TPSA) is 38.0 Å². The van der Waals surface area contributed by atoms with Gasteiger partial charge in [0.1, 0.15) is 0 Å². The molecule has 1 rings (SSSR count). The van der Waals surface area contributed by atoms with Gasteiger partial charge in [0.25, 0.3) is 0 Å². The molecule has 98 valence electrons. The summed E-state index contributed by atoms with van der Waals surface area (Å²) >= 11 is 5.80. The summed E-state index contributed by atoms with van der Waals surface area (Å²) in [6.07, 6.45) is -3.65. The first-order chi connectivity index (χ1) is 8.25. The maximum Gasteiger partial charge on any atom is 0.415 e. The third kappa shape index (κ3) is 3.51. The van der Waals surface area contributed by atoms with E-state index in [-0.39, 0.29) is 5.70 Å². The van der Waals surface area contributed by atoms with Crippen LogP contribution in [0, 0.1) is 6.92 Å². The van der Waals surface area contributed by atoms with Crippen molar-refractivity contribution < 1.29 is 13.2 Å². The van der Waals surface area contributed by atoms with Gasteiger partial charge in [0, 0.05) is 10.6 Å². The van der Waals surface area contributed by atoms with Crippen molar-refractivity contribution in [2.45, 2.75) is 13.1 Å². The number of nitrogens with two attached hydrogens (primary N) is 1. The van der Waals surface area contributed by atoms with Crippen LogP contribution in [0.4, 0.5) is 13.2 Å². The Morgan fingerprint density at radius 1 is 1.44 bits per heavy atom. The number of rotatable bonds is 3. The van der Waals surface area contributed by atoms with Crippen LogP contribution in [0.1, 0.15) is 11.1 Å². The van der Waals surface area contributed by atoms with Crippen LogP contribution in [-0.4, -0.2) is 6.18 Å². The van der Waals surface area contributed by atoms with E-state index in [1.807, 2.05) is 0 Å². The first-order valence-electron chi connectivity index (χ1n) is 4.96. The molecule has 0 saturated carbocycles. The fraction of sp³-hybridized carbons (Fsp3) is 0.167. The second-order valence-corrected chi connectivity index (χ2v) is 4.12. The van der Waals surface area contributed by atoms with Crippen molar-refractivity contribution >= 4 is 17.3 Å². The molecule has 0 unspecified atom stereocenters. The lowest BCUT2D eigenvalue weighted by Crippen LogP contribution is -2.22. The fourth-order valence-corrected chi connectivity index (χ4v) is 1.51. The summed E-state index contributed by atoms with van der Waals surface area (Å²) in [5.41, 5.74) is 2.59. The molecule has 18 heavy (non-hydrogen) atoms. The van der Waals surface area contributed by atoms with Crippen LogP contribution in [0.15, 0.2) is 36.4 Å². The molecular formula is C12H12ClF3N2. The van der Waals surface area contributed by atoms with E-state index in [0.717, 1.165) is 11.6 Å². The molecule has 0 aliphatic heterocycles. The molecule has 2 nitrogen and oxygen atoms in total. The number of aryl methyl sites for hydroxylation is 1. The first-order valence-corrected chi connectivity index (χ1v) is 5.34. The molecule has 0 aliphatic carbocycles. The zero-order chi connectivity index (χ0) is 13.9. The molecule has 0 radical (unpaired) electrons. The Morgan fingerprint density at radius 2 is 2.06 bits per heavy atom. The summed E-state index contributed by atoms with van der Waals surface area (Å²) in [5, 5.41) is 0.411. The summed E-state index contributed by atoms with van der Waals surface area (Å²) in [6.45, 7) is 4.70. The molecule has 3 N–H and O–H groups in total. The SMILES string of the molecule is C=C(/C=C(/NN)c1cc(Cl)ccc1C)C(F)(F)F. The summed E-state index contributed by atoms with van der Waals surface area (Å²) in [6, 6.07) is 4.87. The average molecular weight is 277 g/mol. The average Bonchev–Trinajstić information content (AvgIpc) is 2.28. The largest absolute Gasteiger partial charge is 0.415 e. The summed E-state index contributed by atoms with van der Waals surface area (Å²) < 4.78 is 37.2. The van der Waals surface area contributed by atoms with Gasteiger partial charge >= 0.3 is 6.18 Å². The van der Waals surface area contributed by atoms with Gasteiger partial charge in [-0.3, -0.25) is 5.84 Å². The van der Waals surface area contributed by atoms with E-state index < -0.39 is 11.7 Å². The Morgan fingerprint density at radius 3 is 2.56 bits per heavy atom. The molecule has 0 bridgehead atoms. The predicted molar refractivity (Wildman–Crippen MR) is 66.7 cm³/mol. The quantitative estimate of drug-likeness (QED) is 0.503. The smallest absolute Gasteiger partial charge is 0.324 e. The van der Waals surface area contributed by atoms with Gasteiger partial charge in [0.05, 0.1) is 11.3 Å². The van der Waals surface area contributed by atoms with Crippen LogP contribution in [0.5, 0.6) is 0 Å². The summed E-state index contributed by atoms with van der Waals surface area (Å²) in [4.78, 5) is 0. The van der Waals surface area contributed by atoms with Gasteiger partial charge in [-0.2, -0.15) is 13.2 Å². The van der Waals surface area contributed by atoms with Crippen molar-refractivity contribution in [2.24, 2.45) is 5.84 Å². The predicted octanol–water partition coefficient (Wildman–Crippen LogP) is 3.57. The van der Waals surface area contributed by atoms with E-state index in [1.165, 1.54) is 6.07 Å². The van der Waals surface area contributed by atoms with Crippen molar-refractivity contribution in [3.8, 4) is 0 Å². The summed E-state index contributed by atoms with van der Waals surface area (Å²) in [5.74, 6) is 5.25. The first kappa shape index (κ1) is 14.6. The highest BCUT2D eigenvalue weighted by Gasteiger charge is 2.30. The molecule has 6 heteroatoms. The van der Waals surface area contributed by atoms with Crippen LogP contribution in [0.25, 0.3) is 5.70 Å². The lowest BCUT2D eigenvalue weighted by atomic mass is 10.0. The minimum atomic E-state index is -4.49. The monoisotopic (exact) mass is 276 g/mol. The Bertz CT molecular complexity index is 493. The van der Waals surface area contributed by atoms with Gasteiger partial charge in [-0.05, 0) is 30.7 Å². The number of allylic oxidation sites excluding steroid dienone is 2. The Kier molecular flexibility index (Phi) is 4.43. The second kappa shape index (κ2) is 5.46. The number of nitrogens with one attached hydrogen (secondary N) is 1. The maximum absolute atomic E-state index is 12.4. The van der Waals surface area contributed by atoms with E-state index in [1.54, 1.807) is 19.1 Å². The van der Waals surface area contributed by atoms with Crippen LogP contribution in [-0.2, 0) is 0 Å². The van der Waals surface area contributed by atoms with Gasteiger partial charge in [-0.1, -0.05) is 24.2 Å². The van der Waals surface area contributed by atoms with Gasteiger partial charge in [-0.15, -0.1) is 0 Å². The lowest BCUT2D eigenvalue weighted by molar-refractivity contribution is -0.0877. The highest BCUT2D eigenvalue weighted by atomic mass is 35.5. The molecule has 0 heterocycles. The van der Waals surface area contributed by atoms with Gasteiger partial charge in [0.15, 0.2) is 0 Å². The summed E-state index contributed by atoms with van der Waals surface area (Å²) in [7, 11) is 0. The Hall–Kier alpha value is -1.46. The Labute approximate surface area is 108 Å². The third-order valence-corrected chi connectivity index (χ3v) is 2.56. The molecule has 1 aromatic carbocycles. The molecule has 0 fully saturated rings. The maximum atomic E-state index is 12.4. The lowest BCUT2D eigenvalue weighted by Gasteiger charge is -2.13. The third-order valence-electron chi connectivity index (χ3n) is 2.33. The van der Waals surface area contributed by atoms with E-state index in [4.69, 9.17) is 17.4 Å². The highest BCUT2D eigenvalue weighted by Crippen LogP contribution is 2.28. The normalized spacial score (nSPS) is 12.4. The van der Waals surface area contributed by atoms with Crippen LogP contribution in [0.2, 0.25) is 5.02 Å². The van der Waals surface area contributed by atoms with E-state index in [0.29, 0.717) is 10.6 Å². The van der Waals surface area contributed by atoms with E-state index >= 15 is 0 Å². The van der Waals surface area contributed by atoms with Crippen molar-refractivity contribution in [1.82, 2.24) is 5.43 Å². The van der Waals surface area contributed by atoms with Crippen molar-refractivity contribution in [3.05, 3.63) is 52.6 Å². The number of alkyl halides is 3. The molecule has 0 aliphatic rings. The van der Waals surface area contributed by atoms with Crippen molar-refractivity contribution in [1.29, 1.82) is 0 Å².